The summed E-state index contributed by atoms with van der Waals surface area (Å²) in [6.45, 7) is 2.86. The largest absolute Gasteiger partial charge is 0.466 e. The van der Waals surface area contributed by atoms with Gasteiger partial charge in [0.1, 0.15) is 28.9 Å². The van der Waals surface area contributed by atoms with Gasteiger partial charge in [-0.05, 0) is 38.0 Å². The molecule has 5 rings (SSSR count). The van der Waals surface area contributed by atoms with Crippen LogP contribution in [0, 0.1) is 35.5 Å². The highest BCUT2D eigenvalue weighted by atomic mass is 19.1. The summed E-state index contributed by atoms with van der Waals surface area (Å²) in [4.78, 5) is 10.1. The Hall–Kier alpha value is -4.55. The monoisotopic (exact) mass is 487 g/mol. The lowest BCUT2D eigenvalue weighted by Crippen LogP contribution is -2.31. The lowest BCUT2D eigenvalue weighted by molar-refractivity contribution is 0.107. The SMILES string of the molecule is Cc1c(-c2cc(OC(CO)c3ccc(F)cn3)n3c(C#N)cnc3c2)nnn1C1CCN(C#N)CC1. The number of rotatable bonds is 6. The van der Waals surface area contributed by atoms with Gasteiger partial charge in [0, 0.05) is 24.7 Å². The summed E-state index contributed by atoms with van der Waals surface area (Å²) in [5, 5.41) is 37.5. The number of aliphatic hydroxyl groups excluding tert-OH is 1. The van der Waals surface area contributed by atoms with E-state index in [1.165, 1.54) is 22.7 Å². The van der Waals surface area contributed by atoms with Crippen LogP contribution in [-0.2, 0) is 0 Å². The van der Waals surface area contributed by atoms with Crippen LogP contribution in [0.15, 0.2) is 36.7 Å². The Morgan fingerprint density at radius 1 is 1.19 bits per heavy atom. The molecule has 1 saturated heterocycles. The van der Waals surface area contributed by atoms with Crippen molar-refractivity contribution in [2.45, 2.75) is 31.9 Å². The van der Waals surface area contributed by atoms with E-state index in [1.54, 1.807) is 17.0 Å². The summed E-state index contributed by atoms with van der Waals surface area (Å²) >= 11 is 0. The zero-order valence-electron chi connectivity index (χ0n) is 19.4. The molecule has 1 unspecified atom stereocenters. The smallest absolute Gasteiger partial charge is 0.201 e. The molecule has 0 spiro atoms. The Morgan fingerprint density at radius 3 is 2.67 bits per heavy atom. The number of nitriles is 2. The first-order valence-corrected chi connectivity index (χ1v) is 11.4. The maximum absolute atomic E-state index is 13.4. The third-order valence-electron chi connectivity index (χ3n) is 6.35. The molecule has 4 aromatic rings. The van der Waals surface area contributed by atoms with Crippen LogP contribution in [-0.4, -0.2) is 59.1 Å². The van der Waals surface area contributed by atoms with Gasteiger partial charge < -0.3 is 14.7 Å². The van der Waals surface area contributed by atoms with Crippen LogP contribution in [0.1, 0.15) is 42.1 Å². The van der Waals surface area contributed by atoms with E-state index in [2.05, 4.69) is 32.5 Å². The lowest BCUT2D eigenvalue weighted by atomic mass is 10.0. The fraction of sp³-hybridized carbons (Fsp3) is 0.333. The molecule has 0 radical (unpaired) electrons. The Labute approximate surface area is 205 Å². The zero-order chi connectivity index (χ0) is 25.2. The van der Waals surface area contributed by atoms with Crippen LogP contribution in [0.5, 0.6) is 5.88 Å². The molecule has 0 amide bonds. The highest BCUT2D eigenvalue weighted by Crippen LogP contribution is 2.32. The molecule has 1 aliphatic rings. The molecule has 0 aromatic carbocycles. The number of halogens is 1. The first kappa shape index (κ1) is 23.2. The van der Waals surface area contributed by atoms with Crippen molar-refractivity contribution in [3.8, 4) is 29.4 Å². The van der Waals surface area contributed by atoms with Gasteiger partial charge in [0.05, 0.1) is 36.4 Å². The molecule has 1 fully saturated rings. The Bertz CT molecular complexity index is 1470. The molecule has 1 N–H and O–H groups in total. The molecule has 4 aromatic heterocycles. The molecule has 5 heterocycles. The van der Waals surface area contributed by atoms with Gasteiger partial charge in [0.2, 0.25) is 5.88 Å². The minimum absolute atomic E-state index is 0.134. The normalized spacial score (nSPS) is 15.0. The van der Waals surface area contributed by atoms with E-state index in [0.717, 1.165) is 24.7 Å². The van der Waals surface area contributed by atoms with Crippen molar-refractivity contribution < 1.29 is 14.2 Å². The van der Waals surface area contributed by atoms with Crippen LogP contribution in [0.4, 0.5) is 4.39 Å². The van der Waals surface area contributed by atoms with E-state index < -0.39 is 18.5 Å². The van der Waals surface area contributed by atoms with E-state index in [1.807, 2.05) is 11.6 Å². The van der Waals surface area contributed by atoms with E-state index in [4.69, 9.17) is 10.00 Å². The van der Waals surface area contributed by atoms with Crippen molar-refractivity contribution >= 4 is 5.65 Å². The molecule has 11 nitrogen and oxygen atoms in total. The van der Waals surface area contributed by atoms with E-state index in [9.17, 15) is 14.8 Å². The van der Waals surface area contributed by atoms with Crippen molar-refractivity contribution in [3.63, 3.8) is 0 Å². The third kappa shape index (κ3) is 4.19. The number of likely N-dealkylation sites (tertiary alicyclic amines) is 1. The number of hydrogen-bond donors (Lipinski definition) is 1. The van der Waals surface area contributed by atoms with E-state index in [0.29, 0.717) is 35.7 Å². The number of nitrogens with zero attached hydrogens (tertiary/aromatic N) is 9. The lowest BCUT2D eigenvalue weighted by Gasteiger charge is -2.28. The Balaban J connectivity index is 1.53. The van der Waals surface area contributed by atoms with Crippen LogP contribution in [0.3, 0.4) is 0 Å². The summed E-state index contributed by atoms with van der Waals surface area (Å²) in [7, 11) is 0. The van der Waals surface area contributed by atoms with Gasteiger partial charge in [0.15, 0.2) is 12.3 Å². The van der Waals surface area contributed by atoms with Gasteiger partial charge in [-0.2, -0.15) is 10.5 Å². The average molecular weight is 487 g/mol. The van der Waals surface area contributed by atoms with E-state index >= 15 is 0 Å². The first-order chi connectivity index (χ1) is 17.5. The van der Waals surface area contributed by atoms with Crippen molar-refractivity contribution in [3.05, 3.63) is 59.6 Å². The minimum atomic E-state index is -0.903. The number of aromatic nitrogens is 6. The summed E-state index contributed by atoms with van der Waals surface area (Å²) in [5.41, 5.74) is 3.20. The number of fused-ring (bicyclic) bond motifs is 1. The number of ether oxygens (including phenoxy) is 1. The third-order valence-corrected chi connectivity index (χ3v) is 6.35. The molecular formula is C24H22FN9O2. The predicted molar refractivity (Wildman–Crippen MR) is 124 cm³/mol. The number of imidazole rings is 1. The van der Waals surface area contributed by atoms with Gasteiger partial charge in [-0.1, -0.05) is 5.21 Å². The van der Waals surface area contributed by atoms with E-state index in [-0.39, 0.29) is 17.6 Å². The van der Waals surface area contributed by atoms with Gasteiger partial charge >= 0.3 is 0 Å². The van der Waals surface area contributed by atoms with Crippen LogP contribution < -0.4 is 4.74 Å². The minimum Gasteiger partial charge on any atom is -0.466 e. The van der Waals surface area contributed by atoms with Crippen molar-refractivity contribution in [2.24, 2.45) is 0 Å². The number of piperidine rings is 1. The zero-order valence-corrected chi connectivity index (χ0v) is 19.4. The standard InChI is InChI=1S/C24H22FN9O2/c1-15-24(30-31-34(15)18-4-6-32(14-27)7-5-18)16-8-22-29-12-19(10-26)33(22)23(9-16)36-21(13-35)20-3-2-17(25)11-28-20/h2-3,8-9,11-12,18,21,35H,4-7,13H2,1H3. The molecule has 36 heavy (non-hydrogen) atoms. The molecular weight excluding hydrogens is 465 g/mol. The van der Waals surface area contributed by atoms with Crippen LogP contribution >= 0.6 is 0 Å². The molecule has 0 saturated carbocycles. The average Bonchev–Trinajstić information content (AvgIpc) is 3.51. The van der Waals surface area contributed by atoms with Crippen molar-refractivity contribution in [1.29, 1.82) is 10.5 Å². The highest BCUT2D eigenvalue weighted by molar-refractivity contribution is 5.68. The molecule has 0 aliphatic carbocycles. The maximum atomic E-state index is 13.4. The van der Waals surface area contributed by atoms with Gasteiger partial charge in [-0.3, -0.25) is 9.38 Å². The summed E-state index contributed by atoms with van der Waals surface area (Å²) in [6, 6.07) is 8.39. The molecule has 1 aliphatic heterocycles. The summed E-state index contributed by atoms with van der Waals surface area (Å²) in [6.07, 6.45) is 5.35. The highest BCUT2D eigenvalue weighted by Gasteiger charge is 2.25. The second kappa shape index (κ2) is 9.60. The second-order valence-electron chi connectivity index (χ2n) is 8.51. The van der Waals surface area contributed by atoms with Gasteiger partial charge in [0.25, 0.3) is 0 Å². The van der Waals surface area contributed by atoms with Gasteiger partial charge in [-0.25, -0.2) is 14.1 Å². The fourth-order valence-corrected chi connectivity index (χ4v) is 4.46. The Kier molecular flexibility index (Phi) is 6.19. The predicted octanol–water partition coefficient (Wildman–Crippen LogP) is 2.54. The quantitative estimate of drug-likeness (QED) is 0.406. The van der Waals surface area contributed by atoms with Crippen molar-refractivity contribution in [1.82, 2.24) is 34.3 Å². The number of pyridine rings is 2. The molecule has 182 valence electrons. The summed E-state index contributed by atoms with van der Waals surface area (Å²) in [5.74, 6) is -0.254. The number of aliphatic hydroxyl groups is 1. The summed E-state index contributed by atoms with van der Waals surface area (Å²) < 4.78 is 22.9. The topological polar surface area (TPSA) is 141 Å². The maximum Gasteiger partial charge on any atom is 0.201 e. The van der Waals surface area contributed by atoms with Crippen LogP contribution in [0.25, 0.3) is 16.9 Å². The van der Waals surface area contributed by atoms with Gasteiger partial charge in [-0.15, -0.1) is 5.10 Å². The van der Waals surface area contributed by atoms with Crippen LogP contribution in [0.2, 0.25) is 0 Å². The Morgan fingerprint density at radius 2 is 2.00 bits per heavy atom. The molecule has 1 atom stereocenters. The second-order valence-corrected chi connectivity index (χ2v) is 8.51. The molecule has 12 heteroatoms. The molecule has 0 bridgehead atoms. The number of hydrogen-bond acceptors (Lipinski definition) is 9. The van der Waals surface area contributed by atoms with Crippen molar-refractivity contribution in [2.75, 3.05) is 19.7 Å². The fourth-order valence-electron chi connectivity index (χ4n) is 4.46. The first-order valence-electron chi connectivity index (χ1n) is 11.4.